The summed E-state index contributed by atoms with van der Waals surface area (Å²) in [6, 6.07) is 9.39. The van der Waals surface area contributed by atoms with Crippen LogP contribution in [0.4, 0.5) is 0 Å². The summed E-state index contributed by atoms with van der Waals surface area (Å²) in [7, 11) is 0. The van der Waals surface area contributed by atoms with E-state index in [1.54, 1.807) is 37.1 Å². The number of nitrogens with zero attached hydrogens (tertiary/aromatic N) is 2. The van der Waals surface area contributed by atoms with Crippen molar-refractivity contribution in [3.05, 3.63) is 54.1 Å². The van der Waals surface area contributed by atoms with Crippen molar-refractivity contribution in [2.75, 3.05) is 0 Å². The lowest BCUT2D eigenvalue weighted by molar-refractivity contribution is 0.101. The molecule has 0 saturated carbocycles. The summed E-state index contributed by atoms with van der Waals surface area (Å²) in [5.74, 6) is 1.64. The summed E-state index contributed by atoms with van der Waals surface area (Å²) < 4.78 is 0. The molecule has 0 aliphatic rings. The fraction of sp³-hybridized carbons (Fsp3) is 0.154. The standard InChI is InChI=1S/C13H12N2OS/c1-10(16)11-3-5-12(6-4-11)17-9-13-14-7-2-8-15-13/h2-8H,9H2,1H3. The fourth-order valence-electron chi connectivity index (χ4n) is 1.34. The summed E-state index contributed by atoms with van der Waals surface area (Å²) in [5, 5.41) is 0. The maximum Gasteiger partial charge on any atom is 0.159 e. The number of carbonyl (C=O) groups is 1. The summed E-state index contributed by atoms with van der Waals surface area (Å²) in [6.07, 6.45) is 3.48. The van der Waals surface area contributed by atoms with Crippen molar-refractivity contribution in [1.82, 2.24) is 9.97 Å². The zero-order valence-electron chi connectivity index (χ0n) is 9.46. The quantitative estimate of drug-likeness (QED) is 0.612. The molecule has 17 heavy (non-hydrogen) atoms. The molecule has 0 aliphatic carbocycles. The molecule has 2 aromatic rings. The molecule has 0 radical (unpaired) electrons. The summed E-state index contributed by atoms with van der Waals surface area (Å²) >= 11 is 1.66. The zero-order valence-corrected chi connectivity index (χ0v) is 10.3. The molecule has 1 aromatic carbocycles. The van der Waals surface area contributed by atoms with Crippen LogP contribution in [0, 0.1) is 0 Å². The van der Waals surface area contributed by atoms with Gasteiger partial charge in [0.1, 0.15) is 5.82 Å². The number of benzene rings is 1. The number of Topliss-reactive ketones (excluding diaryl/α,β-unsaturated/α-hetero) is 1. The Morgan fingerprint density at radius 3 is 2.41 bits per heavy atom. The largest absolute Gasteiger partial charge is 0.295 e. The molecule has 86 valence electrons. The van der Waals surface area contributed by atoms with Crippen LogP contribution in [0.15, 0.2) is 47.6 Å². The molecule has 0 spiro atoms. The van der Waals surface area contributed by atoms with E-state index in [1.165, 1.54) is 0 Å². The Labute approximate surface area is 104 Å². The van der Waals surface area contributed by atoms with E-state index in [0.29, 0.717) is 0 Å². The Morgan fingerprint density at radius 1 is 1.18 bits per heavy atom. The van der Waals surface area contributed by atoms with Crippen LogP contribution in [0.2, 0.25) is 0 Å². The van der Waals surface area contributed by atoms with Crippen LogP contribution in [0.25, 0.3) is 0 Å². The lowest BCUT2D eigenvalue weighted by Crippen LogP contribution is -1.91. The number of hydrogen-bond donors (Lipinski definition) is 0. The van der Waals surface area contributed by atoms with Gasteiger partial charge in [-0.1, -0.05) is 12.1 Å². The number of aromatic nitrogens is 2. The van der Waals surface area contributed by atoms with Gasteiger partial charge in [0, 0.05) is 22.9 Å². The molecule has 0 bridgehead atoms. The highest BCUT2D eigenvalue weighted by atomic mass is 32.2. The predicted octanol–water partition coefficient (Wildman–Crippen LogP) is 2.97. The van der Waals surface area contributed by atoms with Crippen molar-refractivity contribution in [3.8, 4) is 0 Å². The smallest absolute Gasteiger partial charge is 0.159 e. The summed E-state index contributed by atoms with van der Waals surface area (Å²) in [5.41, 5.74) is 0.741. The Morgan fingerprint density at radius 2 is 1.82 bits per heavy atom. The molecule has 0 atom stereocenters. The third-order valence-corrected chi connectivity index (χ3v) is 3.26. The molecular weight excluding hydrogens is 232 g/mol. The second-order valence-corrected chi connectivity index (χ2v) is 4.58. The van der Waals surface area contributed by atoms with Crippen LogP contribution in [-0.4, -0.2) is 15.8 Å². The van der Waals surface area contributed by atoms with E-state index in [0.717, 1.165) is 22.0 Å². The van der Waals surface area contributed by atoms with Gasteiger partial charge in [0.05, 0.1) is 5.75 Å². The molecular formula is C13H12N2OS. The third-order valence-electron chi connectivity index (χ3n) is 2.25. The second kappa shape index (κ2) is 5.59. The van der Waals surface area contributed by atoms with E-state index < -0.39 is 0 Å². The van der Waals surface area contributed by atoms with E-state index in [1.807, 2.05) is 24.3 Å². The van der Waals surface area contributed by atoms with Crippen molar-refractivity contribution in [3.63, 3.8) is 0 Å². The maximum absolute atomic E-state index is 11.1. The average Bonchev–Trinajstić information content (AvgIpc) is 2.38. The van der Waals surface area contributed by atoms with Crippen molar-refractivity contribution >= 4 is 17.5 Å². The normalized spacial score (nSPS) is 10.2. The highest BCUT2D eigenvalue weighted by Crippen LogP contribution is 2.21. The van der Waals surface area contributed by atoms with Crippen LogP contribution in [0.1, 0.15) is 23.1 Å². The molecule has 0 unspecified atom stereocenters. The number of ketones is 1. The molecule has 0 N–H and O–H groups in total. The minimum Gasteiger partial charge on any atom is -0.295 e. The molecule has 1 heterocycles. The first-order valence-corrected chi connectivity index (χ1v) is 6.24. The minimum atomic E-state index is 0.0907. The predicted molar refractivity (Wildman–Crippen MR) is 68.0 cm³/mol. The molecule has 1 aromatic heterocycles. The van der Waals surface area contributed by atoms with Crippen LogP contribution in [0.5, 0.6) is 0 Å². The van der Waals surface area contributed by atoms with Gasteiger partial charge < -0.3 is 0 Å². The van der Waals surface area contributed by atoms with Crippen LogP contribution in [0.3, 0.4) is 0 Å². The first kappa shape index (κ1) is 11.8. The van der Waals surface area contributed by atoms with Gasteiger partial charge in [-0.05, 0) is 25.1 Å². The zero-order chi connectivity index (χ0) is 12.1. The third kappa shape index (κ3) is 3.39. The van der Waals surface area contributed by atoms with Crippen LogP contribution in [-0.2, 0) is 5.75 Å². The van der Waals surface area contributed by atoms with Crippen molar-refractivity contribution in [2.24, 2.45) is 0 Å². The molecule has 0 amide bonds. The maximum atomic E-state index is 11.1. The van der Waals surface area contributed by atoms with Gasteiger partial charge in [0.15, 0.2) is 5.78 Å². The SMILES string of the molecule is CC(=O)c1ccc(SCc2ncccn2)cc1. The number of thioether (sulfide) groups is 1. The van der Waals surface area contributed by atoms with Gasteiger partial charge >= 0.3 is 0 Å². The first-order valence-electron chi connectivity index (χ1n) is 5.25. The van der Waals surface area contributed by atoms with Gasteiger partial charge in [-0.25, -0.2) is 9.97 Å². The van der Waals surface area contributed by atoms with Gasteiger partial charge in [-0.2, -0.15) is 0 Å². The lowest BCUT2D eigenvalue weighted by atomic mass is 10.2. The van der Waals surface area contributed by atoms with Crippen molar-refractivity contribution in [2.45, 2.75) is 17.6 Å². The average molecular weight is 244 g/mol. The fourth-order valence-corrected chi connectivity index (χ4v) is 2.11. The van der Waals surface area contributed by atoms with Gasteiger partial charge in [0.2, 0.25) is 0 Å². The Bertz CT molecular complexity index is 497. The van der Waals surface area contributed by atoms with Crippen LogP contribution < -0.4 is 0 Å². The highest BCUT2D eigenvalue weighted by Gasteiger charge is 2.00. The number of rotatable bonds is 4. The molecule has 0 saturated heterocycles. The van der Waals surface area contributed by atoms with Gasteiger partial charge in [-0.15, -0.1) is 11.8 Å². The van der Waals surface area contributed by atoms with Crippen LogP contribution >= 0.6 is 11.8 Å². The van der Waals surface area contributed by atoms with Gasteiger partial charge in [0.25, 0.3) is 0 Å². The van der Waals surface area contributed by atoms with Crippen molar-refractivity contribution < 1.29 is 4.79 Å². The topological polar surface area (TPSA) is 42.9 Å². The molecule has 0 aliphatic heterocycles. The molecule has 0 fully saturated rings. The molecule has 3 nitrogen and oxygen atoms in total. The van der Waals surface area contributed by atoms with E-state index in [2.05, 4.69) is 9.97 Å². The van der Waals surface area contributed by atoms with Crippen molar-refractivity contribution in [1.29, 1.82) is 0 Å². The lowest BCUT2D eigenvalue weighted by Gasteiger charge is -2.01. The van der Waals surface area contributed by atoms with E-state index in [9.17, 15) is 4.79 Å². The summed E-state index contributed by atoms with van der Waals surface area (Å²) in [6.45, 7) is 1.57. The van der Waals surface area contributed by atoms with E-state index in [4.69, 9.17) is 0 Å². The Hall–Kier alpha value is -1.68. The molecule has 2 rings (SSSR count). The Balaban J connectivity index is 1.98. The van der Waals surface area contributed by atoms with E-state index in [-0.39, 0.29) is 5.78 Å². The van der Waals surface area contributed by atoms with E-state index >= 15 is 0 Å². The minimum absolute atomic E-state index is 0.0907. The highest BCUT2D eigenvalue weighted by molar-refractivity contribution is 7.98. The second-order valence-electron chi connectivity index (χ2n) is 3.53. The number of hydrogen-bond acceptors (Lipinski definition) is 4. The molecule has 4 heteroatoms. The van der Waals surface area contributed by atoms with Gasteiger partial charge in [-0.3, -0.25) is 4.79 Å². The summed E-state index contributed by atoms with van der Waals surface area (Å²) in [4.78, 5) is 20.5. The monoisotopic (exact) mass is 244 g/mol. The first-order chi connectivity index (χ1) is 8.25. The number of carbonyl (C=O) groups excluding carboxylic acids is 1. The Kier molecular flexibility index (Phi) is 3.88.